The number of nitrogens with zero attached hydrogens (tertiary/aromatic N) is 1. The lowest BCUT2D eigenvalue weighted by Crippen LogP contribution is -2.42. The summed E-state index contributed by atoms with van der Waals surface area (Å²) in [6.07, 6.45) is 3.73. The largest absolute Gasteiger partial charge is 0.492 e. The number of ether oxygens (including phenoxy) is 1. The first-order valence-corrected chi connectivity index (χ1v) is 10.5. The summed E-state index contributed by atoms with van der Waals surface area (Å²) in [4.78, 5) is 14.6. The van der Waals surface area contributed by atoms with Crippen LogP contribution >= 0.6 is 0 Å². The highest BCUT2D eigenvalue weighted by atomic mass is 19.1. The minimum absolute atomic E-state index is 0.0707. The van der Waals surface area contributed by atoms with E-state index in [2.05, 4.69) is 17.1 Å². The van der Waals surface area contributed by atoms with Crippen molar-refractivity contribution in [1.82, 2.24) is 10.2 Å². The molecule has 0 aromatic heterocycles. The van der Waals surface area contributed by atoms with Crippen LogP contribution in [0.25, 0.3) is 0 Å². The molecular formula is C24H31FN2O2. The van der Waals surface area contributed by atoms with E-state index in [0.29, 0.717) is 31.5 Å². The molecule has 29 heavy (non-hydrogen) atoms. The van der Waals surface area contributed by atoms with Crippen LogP contribution in [0.5, 0.6) is 5.75 Å². The smallest absolute Gasteiger partial charge is 0.220 e. The van der Waals surface area contributed by atoms with Crippen molar-refractivity contribution >= 4 is 5.91 Å². The number of hydrogen-bond donors (Lipinski definition) is 1. The Bertz CT molecular complexity index is 743. The molecule has 4 nitrogen and oxygen atoms in total. The Hall–Kier alpha value is -2.40. The summed E-state index contributed by atoms with van der Waals surface area (Å²) < 4.78 is 18.8. The molecule has 1 heterocycles. The molecule has 1 unspecified atom stereocenters. The molecule has 1 aliphatic rings. The average molecular weight is 399 g/mol. The van der Waals surface area contributed by atoms with Crippen LogP contribution in [-0.4, -0.2) is 36.5 Å². The normalized spacial score (nSPS) is 16.3. The summed E-state index contributed by atoms with van der Waals surface area (Å²) in [5, 5.41) is 2.93. The standard InChI is InChI=1S/C24H31FN2O2/c1-19(18-29-23-5-3-2-4-6-23)27-15-13-20(14-16-27)9-12-24(28)26-17-21-7-10-22(25)11-8-21/h2-8,10-11,19-20H,9,12-18H2,1H3,(H,26,28). The maximum absolute atomic E-state index is 12.9. The van der Waals surface area contributed by atoms with E-state index in [4.69, 9.17) is 4.74 Å². The predicted molar refractivity (Wildman–Crippen MR) is 113 cm³/mol. The molecule has 1 amide bonds. The van der Waals surface area contributed by atoms with Gasteiger partial charge in [0.25, 0.3) is 0 Å². The van der Waals surface area contributed by atoms with Crippen molar-refractivity contribution in [2.24, 2.45) is 5.92 Å². The highest BCUT2D eigenvalue weighted by molar-refractivity contribution is 5.75. The molecule has 2 aromatic rings. The molecule has 5 heteroatoms. The molecule has 0 radical (unpaired) electrons. The van der Waals surface area contributed by atoms with Crippen LogP contribution in [0.1, 0.15) is 38.2 Å². The number of halogens is 1. The molecule has 1 saturated heterocycles. The van der Waals surface area contributed by atoms with E-state index >= 15 is 0 Å². The first kappa shape index (κ1) is 21.3. The van der Waals surface area contributed by atoms with Crippen molar-refractivity contribution in [1.29, 1.82) is 0 Å². The maximum atomic E-state index is 12.9. The number of rotatable bonds is 9. The zero-order chi connectivity index (χ0) is 20.5. The van der Waals surface area contributed by atoms with E-state index < -0.39 is 0 Å². The third kappa shape index (κ3) is 7.17. The molecule has 1 aliphatic heterocycles. The number of likely N-dealkylation sites (tertiary alicyclic amines) is 1. The van der Waals surface area contributed by atoms with Crippen molar-refractivity contribution in [2.45, 2.75) is 45.2 Å². The monoisotopic (exact) mass is 398 g/mol. The Kier molecular flexibility index (Phi) is 8.05. The van der Waals surface area contributed by atoms with Crippen LogP contribution in [0, 0.1) is 11.7 Å². The Labute approximate surface area is 173 Å². The van der Waals surface area contributed by atoms with Gasteiger partial charge in [-0.05, 0) is 75.0 Å². The molecular weight excluding hydrogens is 367 g/mol. The van der Waals surface area contributed by atoms with Crippen molar-refractivity contribution in [3.63, 3.8) is 0 Å². The second-order valence-electron chi connectivity index (χ2n) is 7.89. The minimum atomic E-state index is -0.257. The van der Waals surface area contributed by atoms with E-state index in [1.165, 1.54) is 12.1 Å². The Morgan fingerprint density at radius 1 is 1.14 bits per heavy atom. The van der Waals surface area contributed by atoms with E-state index in [1.807, 2.05) is 30.3 Å². The van der Waals surface area contributed by atoms with Crippen LogP contribution in [0.15, 0.2) is 54.6 Å². The van der Waals surface area contributed by atoms with Crippen LogP contribution < -0.4 is 10.1 Å². The van der Waals surface area contributed by atoms with Gasteiger partial charge in [0.05, 0.1) is 0 Å². The van der Waals surface area contributed by atoms with Crippen LogP contribution in [0.4, 0.5) is 4.39 Å². The molecule has 0 saturated carbocycles. The van der Waals surface area contributed by atoms with Gasteiger partial charge >= 0.3 is 0 Å². The van der Waals surface area contributed by atoms with Gasteiger partial charge in [-0.25, -0.2) is 4.39 Å². The van der Waals surface area contributed by atoms with Crippen LogP contribution in [-0.2, 0) is 11.3 Å². The van der Waals surface area contributed by atoms with Gasteiger partial charge in [-0.2, -0.15) is 0 Å². The highest BCUT2D eigenvalue weighted by Crippen LogP contribution is 2.23. The number of para-hydroxylation sites is 1. The summed E-state index contributed by atoms with van der Waals surface area (Å²) in [7, 11) is 0. The molecule has 0 spiro atoms. The molecule has 0 aliphatic carbocycles. The summed E-state index contributed by atoms with van der Waals surface area (Å²) in [5.74, 6) is 1.33. The number of hydrogen-bond acceptors (Lipinski definition) is 3. The van der Waals surface area contributed by atoms with Crippen molar-refractivity contribution < 1.29 is 13.9 Å². The zero-order valence-electron chi connectivity index (χ0n) is 17.1. The lowest BCUT2D eigenvalue weighted by atomic mass is 9.91. The fourth-order valence-corrected chi connectivity index (χ4v) is 3.75. The Balaban J connectivity index is 1.30. The number of carbonyl (C=O) groups is 1. The van der Waals surface area contributed by atoms with Gasteiger partial charge in [0.1, 0.15) is 18.2 Å². The third-order valence-electron chi connectivity index (χ3n) is 5.69. The van der Waals surface area contributed by atoms with E-state index in [-0.39, 0.29) is 11.7 Å². The highest BCUT2D eigenvalue weighted by Gasteiger charge is 2.23. The Morgan fingerprint density at radius 2 is 1.83 bits per heavy atom. The fraction of sp³-hybridized carbons (Fsp3) is 0.458. The third-order valence-corrected chi connectivity index (χ3v) is 5.69. The van der Waals surface area contributed by atoms with E-state index in [1.54, 1.807) is 12.1 Å². The number of carbonyl (C=O) groups excluding carboxylic acids is 1. The maximum Gasteiger partial charge on any atom is 0.220 e. The van der Waals surface area contributed by atoms with Gasteiger partial charge in [-0.15, -0.1) is 0 Å². The van der Waals surface area contributed by atoms with Gasteiger partial charge in [0, 0.05) is 19.0 Å². The molecule has 1 atom stereocenters. The summed E-state index contributed by atoms with van der Waals surface area (Å²) >= 11 is 0. The second-order valence-corrected chi connectivity index (χ2v) is 7.89. The van der Waals surface area contributed by atoms with Crippen molar-refractivity contribution in [2.75, 3.05) is 19.7 Å². The summed E-state index contributed by atoms with van der Waals surface area (Å²) in [6, 6.07) is 16.6. The second kappa shape index (κ2) is 11.0. The number of nitrogens with one attached hydrogen (secondary N) is 1. The number of benzene rings is 2. The van der Waals surface area contributed by atoms with Gasteiger partial charge in [-0.3, -0.25) is 9.69 Å². The number of amides is 1. The lowest BCUT2D eigenvalue weighted by Gasteiger charge is -2.35. The first-order chi connectivity index (χ1) is 14.1. The van der Waals surface area contributed by atoms with E-state index in [0.717, 1.165) is 43.7 Å². The summed E-state index contributed by atoms with van der Waals surface area (Å²) in [5.41, 5.74) is 0.916. The molecule has 1 fully saturated rings. The zero-order valence-corrected chi connectivity index (χ0v) is 17.1. The molecule has 156 valence electrons. The van der Waals surface area contributed by atoms with Crippen LogP contribution in [0.2, 0.25) is 0 Å². The van der Waals surface area contributed by atoms with Gasteiger partial charge in [0.15, 0.2) is 0 Å². The molecule has 3 rings (SSSR count). The average Bonchev–Trinajstić information content (AvgIpc) is 2.76. The fourth-order valence-electron chi connectivity index (χ4n) is 3.75. The first-order valence-electron chi connectivity index (χ1n) is 10.5. The van der Waals surface area contributed by atoms with Gasteiger partial charge in [-0.1, -0.05) is 30.3 Å². The Morgan fingerprint density at radius 3 is 2.52 bits per heavy atom. The minimum Gasteiger partial charge on any atom is -0.492 e. The summed E-state index contributed by atoms with van der Waals surface area (Å²) in [6.45, 7) is 5.48. The lowest BCUT2D eigenvalue weighted by molar-refractivity contribution is -0.121. The predicted octanol–water partition coefficient (Wildman–Crippen LogP) is 4.40. The molecule has 2 aromatic carbocycles. The number of piperidine rings is 1. The topological polar surface area (TPSA) is 41.6 Å². The van der Waals surface area contributed by atoms with Crippen molar-refractivity contribution in [3.05, 3.63) is 66.0 Å². The van der Waals surface area contributed by atoms with E-state index in [9.17, 15) is 9.18 Å². The van der Waals surface area contributed by atoms with Crippen molar-refractivity contribution in [3.8, 4) is 5.75 Å². The SMILES string of the molecule is CC(COc1ccccc1)N1CCC(CCC(=O)NCc2ccc(F)cc2)CC1. The molecule has 1 N–H and O–H groups in total. The quantitative estimate of drug-likeness (QED) is 0.681. The molecule has 0 bridgehead atoms. The van der Waals surface area contributed by atoms with Gasteiger partial charge in [0.2, 0.25) is 5.91 Å². The van der Waals surface area contributed by atoms with Crippen LogP contribution in [0.3, 0.4) is 0 Å². The van der Waals surface area contributed by atoms with Gasteiger partial charge < -0.3 is 10.1 Å².